The maximum atomic E-state index is 11.9. The molecule has 17 heavy (non-hydrogen) atoms. The summed E-state index contributed by atoms with van der Waals surface area (Å²) in [5, 5.41) is 2.11. The van der Waals surface area contributed by atoms with Gasteiger partial charge < -0.3 is 0 Å². The van der Waals surface area contributed by atoms with Crippen LogP contribution in [0.1, 0.15) is 0 Å². The van der Waals surface area contributed by atoms with Gasteiger partial charge in [0.05, 0.1) is 0 Å². The van der Waals surface area contributed by atoms with Crippen molar-refractivity contribution in [2.45, 2.75) is 0 Å². The Balaban J connectivity index is 2.50. The Labute approximate surface area is 97.8 Å². The number of likely N-dealkylation sites (N-methyl/N-ethyl adjacent to an activating group) is 1. The molecule has 4 amide bonds. The Kier molecular flexibility index (Phi) is 2.74. The van der Waals surface area contributed by atoms with Crippen LogP contribution in [-0.2, 0) is 9.59 Å². The Bertz CT molecular complexity index is 506. The Morgan fingerprint density at radius 2 is 1.59 bits per heavy atom. The highest BCUT2D eigenvalue weighted by Crippen LogP contribution is 2.16. The van der Waals surface area contributed by atoms with Gasteiger partial charge in [0, 0.05) is 7.05 Å². The summed E-state index contributed by atoms with van der Waals surface area (Å²) in [6.07, 6.45) is 10.3. The van der Waals surface area contributed by atoms with E-state index in [0.717, 1.165) is 4.90 Å². The molecule has 1 fully saturated rings. The molecule has 0 atom stereocenters. The second-order valence-corrected chi connectivity index (χ2v) is 3.56. The van der Waals surface area contributed by atoms with Crippen LogP contribution in [0.5, 0.6) is 0 Å². The zero-order valence-corrected chi connectivity index (χ0v) is 9.14. The summed E-state index contributed by atoms with van der Waals surface area (Å²) in [7, 11) is 1.33. The molecule has 5 nitrogen and oxygen atoms in total. The van der Waals surface area contributed by atoms with E-state index in [9.17, 15) is 14.4 Å². The van der Waals surface area contributed by atoms with Crippen LogP contribution < -0.4 is 5.32 Å². The first kappa shape index (κ1) is 11.1. The van der Waals surface area contributed by atoms with E-state index in [0.29, 0.717) is 5.57 Å². The number of urea groups is 1. The Hall–Kier alpha value is -2.43. The number of barbiturate groups is 1. The van der Waals surface area contributed by atoms with Crippen molar-refractivity contribution in [1.82, 2.24) is 10.2 Å². The predicted octanol–water partition coefficient (Wildman–Crippen LogP) is 0.673. The first-order chi connectivity index (χ1) is 8.11. The fourth-order valence-corrected chi connectivity index (χ4v) is 1.52. The van der Waals surface area contributed by atoms with Gasteiger partial charge in [-0.25, -0.2) is 4.79 Å². The molecular weight excluding hydrogens is 220 g/mol. The number of amides is 4. The topological polar surface area (TPSA) is 66.5 Å². The predicted molar refractivity (Wildman–Crippen MR) is 60.8 cm³/mol. The lowest BCUT2D eigenvalue weighted by molar-refractivity contribution is -0.129. The minimum Gasteiger partial charge on any atom is -0.273 e. The highest BCUT2D eigenvalue weighted by molar-refractivity contribution is 6.29. The van der Waals surface area contributed by atoms with Crippen molar-refractivity contribution < 1.29 is 14.4 Å². The quantitative estimate of drug-likeness (QED) is 0.491. The number of hydrogen-bond acceptors (Lipinski definition) is 3. The van der Waals surface area contributed by atoms with Crippen molar-refractivity contribution in [3.63, 3.8) is 0 Å². The Morgan fingerprint density at radius 1 is 1.00 bits per heavy atom. The van der Waals surface area contributed by atoms with Gasteiger partial charge in [0.2, 0.25) is 0 Å². The lowest BCUT2D eigenvalue weighted by Gasteiger charge is -2.23. The van der Waals surface area contributed by atoms with Crippen LogP contribution in [-0.4, -0.2) is 29.8 Å². The molecular formula is C12H10N2O3. The molecule has 0 unspecified atom stereocenters. The van der Waals surface area contributed by atoms with E-state index in [1.807, 2.05) is 0 Å². The van der Waals surface area contributed by atoms with Crippen molar-refractivity contribution in [3.8, 4) is 0 Å². The van der Waals surface area contributed by atoms with Gasteiger partial charge in [0.1, 0.15) is 5.57 Å². The summed E-state index contributed by atoms with van der Waals surface area (Å²) in [6, 6.07) is -0.705. The van der Waals surface area contributed by atoms with E-state index in [1.54, 1.807) is 36.5 Å². The molecule has 2 rings (SSSR count). The molecule has 1 saturated heterocycles. The van der Waals surface area contributed by atoms with Gasteiger partial charge in [-0.05, 0) is 5.57 Å². The van der Waals surface area contributed by atoms with E-state index < -0.39 is 17.8 Å². The van der Waals surface area contributed by atoms with Crippen LogP contribution in [0.4, 0.5) is 4.79 Å². The van der Waals surface area contributed by atoms with Crippen LogP contribution >= 0.6 is 0 Å². The van der Waals surface area contributed by atoms with Crippen molar-refractivity contribution in [2.75, 3.05) is 7.05 Å². The van der Waals surface area contributed by atoms with Crippen LogP contribution in [0, 0.1) is 0 Å². The maximum Gasteiger partial charge on any atom is 0.331 e. The number of nitrogens with zero attached hydrogens (tertiary/aromatic N) is 1. The van der Waals surface area contributed by atoms with Crippen molar-refractivity contribution >= 4 is 17.8 Å². The van der Waals surface area contributed by atoms with Crippen LogP contribution in [0.3, 0.4) is 0 Å². The van der Waals surface area contributed by atoms with Crippen molar-refractivity contribution in [2.24, 2.45) is 0 Å². The van der Waals surface area contributed by atoms with Crippen molar-refractivity contribution in [1.29, 1.82) is 0 Å². The monoisotopic (exact) mass is 230 g/mol. The molecule has 1 aliphatic carbocycles. The number of carbonyl (C=O) groups excluding carboxylic acids is 3. The highest BCUT2D eigenvalue weighted by atomic mass is 16.2. The zero-order valence-electron chi connectivity index (χ0n) is 9.14. The average molecular weight is 230 g/mol. The standard InChI is InChI=1S/C12H10N2O3/c1-14-11(16)9(10(15)13-12(14)17)8-6-4-2-3-5-7-8/h2-7H,1H3,(H,13,15,17). The van der Waals surface area contributed by atoms with E-state index in [-0.39, 0.29) is 5.57 Å². The molecule has 0 aromatic heterocycles. The fourth-order valence-electron chi connectivity index (χ4n) is 1.52. The summed E-state index contributed by atoms with van der Waals surface area (Å²) in [5.74, 6) is -1.26. The third-order valence-electron chi connectivity index (χ3n) is 2.44. The second-order valence-electron chi connectivity index (χ2n) is 3.56. The fraction of sp³-hybridized carbons (Fsp3) is 0.0833. The molecule has 1 aliphatic heterocycles. The summed E-state index contributed by atoms with van der Waals surface area (Å²) >= 11 is 0. The van der Waals surface area contributed by atoms with Gasteiger partial charge >= 0.3 is 6.03 Å². The van der Waals surface area contributed by atoms with E-state index in [4.69, 9.17) is 0 Å². The van der Waals surface area contributed by atoms with E-state index in [1.165, 1.54) is 7.05 Å². The summed E-state index contributed by atoms with van der Waals surface area (Å²) in [4.78, 5) is 35.6. The van der Waals surface area contributed by atoms with Gasteiger partial charge in [-0.15, -0.1) is 0 Å². The minimum atomic E-state index is -0.705. The van der Waals surface area contributed by atoms with Crippen LogP contribution in [0.2, 0.25) is 0 Å². The smallest absolute Gasteiger partial charge is 0.273 e. The molecule has 0 saturated carbocycles. The molecule has 0 bridgehead atoms. The molecule has 86 valence electrons. The molecule has 2 aliphatic rings. The van der Waals surface area contributed by atoms with Gasteiger partial charge in [0.25, 0.3) is 11.8 Å². The average Bonchev–Trinajstić information content (AvgIpc) is 2.55. The Morgan fingerprint density at radius 3 is 2.18 bits per heavy atom. The lowest BCUT2D eigenvalue weighted by atomic mass is 10.0. The summed E-state index contributed by atoms with van der Waals surface area (Å²) < 4.78 is 0. The second kappa shape index (κ2) is 4.21. The minimum absolute atomic E-state index is 0.0247. The lowest BCUT2D eigenvalue weighted by Crippen LogP contribution is -2.52. The number of carbonyl (C=O) groups is 3. The first-order valence-electron chi connectivity index (χ1n) is 5.00. The molecule has 1 N–H and O–H groups in total. The van der Waals surface area contributed by atoms with Gasteiger partial charge in [-0.2, -0.15) is 0 Å². The van der Waals surface area contributed by atoms with E-state index >= 15 is 0 Å². The molecule has 0 aromatic rings. The third kappa shape index (κ3) is 1.94. The molecule has 0 spiro atoms. The van der Waals surface area contributed by atoms with Crippen LogP contribution in [0.15, 0.2) is 47.6 Å². The van der Waals surface area contributed by atoms with Crippen molar-refractivity contribution in [3.05, 3.63) is 47.6 Å². The number of hydrogen-bond donors (Lipinski definition) is 1. The van der Waals surface area contributed by atoms with Gasteiger partial charge in [0.15, 0.2) is 0 Å². The van der Waals surface area contributed by atoms with Crippen LogP contribution in [0.25, 0.3) is 0 Å². The third-order valence-corrected chi connectivity index (χ3v) is 2.44. The number of imide groups is 2. The maximum absolute atomic E-state index is 11.9. The SMILES string of the molecule is CN1C(=O)NC(=O)C(=C2C=CC=CC=C2)C1=O. The first-order valence-corrected chi connectivity index (χ1v) is 5.00. The van der Waals surface area contributed by atoms with Gasteiger partial charge in [-0.3, -0.25) is 19.8 Å². The molecule has 1 heterocycles. The normalized spacial score (nSPS) is 19.8. The molecule has 5 heteroatoms. The van der Waals surface area contributed by atoms with E-state index in [2.05, 4.69) is 5.32 Å². The number of nitrogens with one attached hydrogen (secondary N) is 1. The molecule has 0 radical (unpaired) electrons. The highest BCUT2D eigenvalue weighted by Gasteiger charge is 2.34. The summed E-state index contributed by atoms with van der Waals surface area (Å²) in [6.45, 7) is 0. The van der Waals surface area contributed by atoms with Gasteiger partial charge in [-0.1, -0.05) is 36.5 Å². The summed E-state index contributed by atoms with van der Waals surface area (Å²) in [5.41, 5.74) is 0.458. The molecule has 0 aromatic carbocycles. The number of rotatable bonds is 0. The largest absolute Gasteiger partial charge is 0.331 e. The zero-order chi connectivity index (χ0) is 12.4. The number of allylic oxidation sites excluding steroid dienone is 7.